The molecule has 1 unspecified atom stereocenters. The van der Waals surface area contributed by atoms with Gasteiger partial charge in [-0.1, -0.05) is 36.9 Å². The summed E-state index contributed by atoms with van der Waals surface area (Å²) >= 11 is 0. The van der Waals surface area contributed by atoms with Crippen LogP contribution in [-0.2, 0) is 20.9 Å². The topological polar surface area (TPSA) is 64.6 Å². The lowest BCUT2D eigenvalue weighted by molar-refractivity contribution is -0.118. The van der Waals surface area contributed by atoms with Crippen molar-refractivity contribution in [3.05, 3.63) is 48.6 Å². The van der Waals surface area contributed by atoms with Crippen molar-refractivity contribution in [2.75, 3.05) is 6.61 Å². The minimum absolute atomic E-state index is 0.0546. The molecule has 0 aromatic heterocycles. The van der Waals surface area contributed by atoms with Gasteiger partial charge >= 0.3 is 6.09 Å². The third-order valence-electron chi connectivity index (χ3n) is 2.63. The van der Waals surface area contributed by atoms with Gasteiger partial charge in [-0.25, -0.2) is 4.79 Å². The average molecular weight is 305 g/mol. The largest absolute Gasteiger partial charge is 0.444 e. The van der Waals surface area contributed by atoms with Crippen LogP contribution in [0.15, 0.2) is 43.0 Å². The fraction of sp³-hybridized carbons (Fsp3) is 0.412. The second kappa shape index (κ2) is 8.34. The molecule has 22 heavy (non-hydrogen) atoms. The van der Waals surface area contributed by atoms with Gasteiger partial charge in [0, 0.05) is 0 Å². The van der Waals surface area contributed by atoms with E-state index in [0.717, 1.165) is 11.6 Å². The van der Waals surface area contributed by atoms with E-state index in [1.807, 2.05) is 30.3 Å². The van der Waals surface area contributed by atoms with Crippen LogP contribution in [-0.4, -0.2) is 30.1 Å². The van der Waals surface area contributed by atoms with Crippen molar-refractivity contribution in [2.24, 2.45) is 0 Å². The van der Waals surface area contributed by atoms with Crippen LogP contribution in [0.1, 0.15) is 26.3 Å². The summed E-state index contributed by atoms with van der Waals surface area (Å²) in [5.41, 5.74) is 0.362. The maximum Gasteiger partial charge on any atom is 0.408 e. The Labute approximate surface area is 131 Å². The summed E-state index contributed by atoms with van der Waals surface area (Å²) in [5, 5.41) is 2.50. The number of carbonyl (C=O) groups is 2. The van der Waals surface area contributed by atoms with E-state index in [0.29, 0.717) is 6.61 Å². The predicted octanol–water partition coefficient (Wildman–Crippen LogP) is 2.85. The molecule has 0 heterocycles. The summed E-state index contributed by atoms with van der Waals surface area (Å²) in [7, 11) is 0. The number of hydrogen-bond donors (Lipinski definition) is 1. The molecule has 5 nitrogen and oxygen atoms in total. The standard InChI is InChI=1S/C17H23NO4/c1-5-15(19)14(18-16(20)22-17(2,3)4)12-21-11-13-9-7-6-8-10-13/h5-10,14H,1,11-12H2,2-4H3,(H,18,20). The first kappa shape index (κ1) is 17.9. The van der Waals surface area contributed by atoms with Crippen LogP contribution < -0.4 is 5.32 Å². The summed E-state index contributed by atoms with van der Waals surface area (Å²) in [6.07, 6.45) is 0.504. The van der Waals surface area contributed by atoms with Gasteiger partial charge in [0.2, 0.25) is 0 Å². The first-order valence-corrected chi connectivity index (χ1v) is 7.09. The number of ketones is 1. The first-order chi connectivity index (χ1) is 10.3. The van der Waals surface area contributed by atoms with Crippen molar-refractivity contribution in [3.63, 3.8) is 0 Å². The molecule has 1 aromatic carbocycles. The molecule has 0 bridgehead atoms. The van der Waals surface area contributed by atoms with Gasteiger partial charge in [-0.3, -0.25) is 4.79 Å². The van der Waals surface area contributed by atoms with Crippen LogP contribution in [0.3, 0.4) is 0 Å². The molecule has 1 amide bonds. The lowest BCUT2D eigenvalue weighted by Gasteiger charge is -2.22. The number of rotatable bonds is 7. The van der Waals surface area contributed by atoms with Gasteiger partial charge in [-0.05, 0) is 32.4 Å². The zero-order valence-corrected chi connectivity index (χ0v) is 13.3. The molecular weight excluding hydrogens is 282 g/mol. The van der Waals surface area contributed by atoms with Gasteiger partial charge in [-0.15, -0.1) is 0 Å². The maximum absolute atomic E-state index is 11.8. The van der Waals surface area contributed by atoms with E-state index in [4.69, 9.17) is 9.47 Å². The Morgan fingerprint density at radius 2 is 1.91 bits per heavy atom. The molecule has 0 saturated carbocycles. The lowest BCUT2D eigenvalue weighted by atomic mass is 10.2. The summed E-state index contributed by atoms with van der Waals surface area (Å²) < 4.78 is 10.6. The van der Waals surface area contributed by atoms with Gasteiger partial charge in [-0.2, -0.15) is 0 Å². The molecular formula is C17H23NO4. The minimum Gasteiger partial charge on any atom is -0.444 e. The molecule has 1 rings (SSSR count). The highest BCUT2D eigenvalue weighted by molar-refractivity contribution is 5.95. The molecule has 120 valence electrons. The highest BCUT2D eigenvalue weighted by atomic mass is 16.6. The average Bonchev–Trinajstić information content (AvgIpc) is 2.44. The number of hydrogen-bond acceptors (Lipinski definition) is 4. The first-order valence-electron chi connectivity index (χ1n) is 7.09. The van der Waals surface area contributed by atoms with Crippen molar-refractivity contribution in [3.8, 4) is 0 Å². The molecule has 0 fully saturated rings. The molecule has 0 radical (unpaired) electrons. The van der Waals surface area contributed by atoms with Crippen molar-refractivity contribution < 1.29 is 19.1 Å². The van der Waals surface area contributed by atoms with Gasteiger partial charge in [0.15, 0.2) is 5.78 Å². The van der Waals surface area contributed by atoms with Gasteiger partial charge < -0.3 is 14.8 Å². The number of benzene rings is 1. The number of nitrogens with one attached hydrogen (secondary N) is 1. The number of amides is 1. The quantitative estimate of drug-likeness (QED) is 0.787. The minimum atomic E-state index is -0.809. The molecule has 0 aliphatic heterocycles. The summed E-state index contributed by atoms with van der Waals surface area (Å²) in [4.78, 5) is 23.5. The van der Waals surface area contributed by atoms with Gasteiger partial charge in [0.25, 0.3) is 0 Å². The second-order valence-electron chi connectivity index (χ2n) is 5.81. The van der Waals surface area contributed by atoms with Crippen LogP contribution in [0.25, 0.3) is 0 Å². The van der Waals surface area contributed by atoms with Crippen molar-refractivity contribution in [1.29, 1.82) is 0 Å². The SMILES string of the molecule is C=CC(=O)C(COCc1ccccc1)NC(=O)OC(C)(C)C. The fourth-order valence-electron chi connectivity index (χ4n) is 1.66. The van der Waals surface area contributed by atoms with Crippen LogP contribution >= 0.6 is 0 Å². The molecule has 0 aliphatic carbocycles. The van der Waals surface area contributed by atoms with Gasteiger partial charge in [0.1, 0.15) is 11.6 Å². The Bertz CT molecular complexity index is 505. The predicted molar refractivity (Wildman–Crippen MR) is 84.5 cm³/mol. The Morgan fingerprint density at radius 3 is 2.45 bits per heavy atom. The van der Waals surface area contributed by atoms with Crippen LogP contribution in [0.5, 0.6) is 0 Å². The van der Waals surface area contributed by atoms with Crippen molar-refractivity contribution in [2.45, 2.75) is 39.0 Å². The highest BCUT2D eigenvalue weighted by Gasteiger charge is 2.22. The molecule has 0 aliphatic rings. The summed E-state index contributed by atoms with van der Waals surface area (Å²) in [6, 6.07) is 8.76. The third kappa shape index (κ3) is 7.04. The van der Waals surface area contributed by atoms with E-state index >= 15 is 0 Å². The molecule has 0 spiro atoms. The second-order valence-corrected chi connectivity index (χ2v) is 5.81. The van der Waals surface area contributed by atoms with E-state index < -0.39 is 17.7 Å². The monoisotopic (exact) mass is 305 g/mol. The van der Waals surface area contributed by atoms with E-state index in [1.54, 1.807) is 20.8 Å². The van der Waals surface area contributed by atoms with Crippen LogP contribution in [0, 0.1) is 0 Å². The number of alkyl carbamates (subject to hydrolysis) is 1. The lowest BCUT2D eigenvalue weighted by Crippen LogP contribution is -2.45. The normalized spacial score (nSPS) is 12.3. The van der Waals surface area contributed by atoms with E-state index in [9.17, 15) is 9.59 Å². The maximum atomic E-state index is 11.8. The molecule has 1 N–H and O–H groups in total. The molecule has 5 heteroatoms. The molecule has 0 saturated heterocycles. The Morgan fingerprint density at radius 1 is 1.27 bits per heavy atom. The Kier molecular flexibility index (Phi) is 6.79. The molecule has 1 atom stereocenters. The molecule has 1 aromatic rings. The number of carbonyl (C=O) groups excluding carboxylic acids is 2. The zero-order chi connectivity index (χ0) is 16.6. The summed E-state index contributed by atoms with van der Waals surface area (Å²) in [6.45, 7) is 9.10. The van der Waals surface area contributed by atoms with Crippen LogP contribution in [0.4, 0.5) is 4.79 Å². The third-order valence-corrected chi connectivity index (χ3v) is 2.63. The van der Waals surface area contributed by atoms with Crippen molar-refractivity contribution >= 4 is 11.9 Å². The Balaban J connectivity index is 2.52. The van der Waals surface area contributed by atoms with E-state index in [-0.39, 0.29) is 12.4 Å². The highest BCUT2D eigenvalue weighted by Crippen LogP contribution is 2.07. The van der Waals surface area contributed by atoms with Crippen molar-refractivity contribution in [1.82, 2.24) is 5.32 Å². The fourth-order valence-corrected chi connectivity index (χ4v) is 1.66. The zero-order valence-electron chi connectivity index (χ0n) is 13.3. The Hall–Kier alpha value is -2.14. The summed E-state index contributed by atoms with van der Waals surface area (Å²) in [5.74, 6) is -0.320. The van der Waals surface area contributed by atoms with E-state index in [2.05, 4.69) is 11.9 Å². The van der Waals surface area contributed by atoms with Crippen LogP contribution in [0.2, 0.25) is 0 Å². The van der Waals surface area contributed by atoms with Gasteiger partial charge in [0.05, 0.1) is 13.2 Å². The number of ether oxygens (including phenoxy) is 2. The smallest absolute Gasteiger partial charge is 0.408 e. The van der Waals surface area contributed by atoms with E-state index in [1.165, 1.54) is 0 Å².